The molecule has 1 rings (SSSR count). The Morgan fingerprint density at radius 2 is 2.07 bits per heavy atom. The molecule has 2 N–H and O–H groups in total. The molecule has 15 heavy (non-hydrogen) atoms. The molecule has 0 heterocycles. The van der Waals surface area contributed by atoms with Crippen molar-refractivity contribution in [3.05, 3.63) is 28.3 Å². The smallest absolute Gasteiger partial charge is 0.296 e. The number of nitro benzene ring substituents is 1. The SMILES string of the molecule is CNc1ccc([N+](=O)[O-])cc1S(=O)(=O)O. The van der Waals surface area contributed by atoms with Crippen molar-refractivity contribution in [2.24, 2.45) is 0 Å². The summed E-state index contributed by atoms with van der Waals surface area (Å²) >= 11 is 0. The van der Waals surface area contributed by atoms with E-state index in [2.05, 4.69) is 5.32 Å². The van der Waals surface area contributed by atoms with Crippen LogP contribution in [-0.2, 0) is 10.1 Å². The van der Waals surface area contributed by atoms with Gasteiger partial charge in [-0.25, -0.2) is 0 Å². The number of nitrogens with one attached hydrogen (secondary N) is 1. The zero-order valence-electron chi connectivity index (χ0n) is 7.67. The molecule has 7 nitrogen and oxygen atoms in total. The van der Waals surface area contributed by atoms with Gasteiger partial charge in [0.2, 0.25) is 0 Å². The van der Waals surface area contributed by atoms with Crippen LogP contribution in [0.4, 0.5) is 11.4 Å². The van der Waals surface area contributed by atoms with Crippen LogP contribution in [0.1, 0.15) is 0 Å². The zero-order valence-corrected chi connectivity index (χ0v) is 8.48. The Labute approximate surface area is 85.6 Å². The van der Waals surface area contributed by atoms with Crippen LogP contribution in [-0.4, -0.2) is 24.9 Å². The summed E-state index contributed by atoms with van der Waals surface area (Å²) in [7, 11) is -3.03. The Kier molecular flexibility index (Phi) is 2.91. The number of non-ortho nitro benzene ring substituents is 1. The van der Waals surface area contributed by atoms with Gasteiger partial charge in [-0.2, -0.15) is 8.42 Å². The molecule has 0 atom stereocenters. The monoisotopic (exact) mass is 232 g/mol. The van der Waals surface area contributed by atoms with Gasteiger partial charge in [0.1, 0.15) is 4.90 Å². The molecule has 0 saturated carbocycles. The average Bonchev–Trinajstić information content (AvgIpc) is 2.15. The van der Waals surface area contributed by atoms with Gasteiger partial charge in [-0.3, -0.25) is 14.7 Å². The molecule has 0 bridgehead atoms. The standard InChI is InChI=1S/C7H8N2O5S/c1-8-6-3-2-5(9(10)11)4-7(6)15(12,13)14/h2-4,8H,1H3,(H,12,13,14). The lowest BCUT2D eigenvalue weighted by molar-refractivity contribution is -0.385. The largest absolute Gasteiger partial charge is 0.387 e. The lowest BCUT2D eigenvalue weighted by Gasteiger charge is -2.05. The third-order valence-electron chi connectivity index (χ3n) is 1.72. The summed E-state index contributed by atoms with van der Waals surface area (Å²) in [6.45, 7) is 0. The molecule has 0 aliphatic rings. The van der Waals surface area contributed by atoms with Crippen molar-refractivity contribution in [3.8, 4) is 0 Å². The Morgan fingerprint density at radius 3 is 2.47 bits per heavy atom. The Bertz CT molecular complexity index is 496. The van der Waals surface area contributed by atoms with E-state index in [1.165, 1.54) is 13.1 Å². The van der Waals surface area contributed by atoms with Crippen molar-refractivity contribution in [2.75, 3.05) is 12.4 Å². The van der Waals surface area contributed by atoms with Crippen LogP contribution in [0.15, 0.2) is 23.1 Å². The summed E-state index contributed by atoms with van der Waals surface area (Å²) in [6, 6.07) is 3.14. The van der Waals surface area contributed by atoms with E-state index in [0.717, 1.165) is 12.1 Å². The van der Waals surface area contributed by atoms with Gasteiger partial charge in [0.25, 0.3) is 15.8 Å². The molecular formula is C7H8N2O5S. The molecule has 82 valence electrons. The molecule has 0 aliphatic heterocycles. The summed E-state index contributed by atoms with van der Waals surface area (Å²) in [5.41, 5.74) is -0.301. The fourth-order valence-corrected chi connectivity index (χ4v) is 1.76. The van der Waals surface area contributed by atoms with Gasteiger partial charge >= 0.3 is 0 Å². The van der Waals surface area contributed by atoms with E-state index in [1.54, 1.807) is 0 Å². The Balaban J connectivity index is 3.46. The van der Waals surface area contributed by atoms with Gasteiger partial charge in [0.15, 0.2) is 0 Å². The summed E-state index contributed by atoms with van der Waals surface area (Å²) < 4.78 is 30.6. The first-order valence-electron chi connectivity index (χ1n) is 3.80. The van der Waals surface area contributed by atoms with Crippen molar-refractivity contribution >= 4 is 21.5 Å². The second-order valence-electron chi connectivity index (χ2n) is 2.66. The molecule has 0 saturated heterocycles. The van der Waals surface area contributed by atoms with Gasteiger partial charge in [0.05, 0.1) is 10.6 Å². The van der Waals surface area contributed by atoms with Gasteiger partial charge in [0, 0.05) is 19.2 Å². The minimum absolute atomic E-state index is 0.100. The number of benzene rings is 1. The van der Waals surface area contributed by atoms with E-state index in [1.807, 2.05) is 0 Å². The molecule has 8 heteroatoms. The normalized spacial score (nSPS) is 11.1. The Morgan fingerprint density at radius 1 is 1.47 bits per heavy atom. The van der Waals surface area contributed by atoms with Crippen LogP contribution >= 0.6 is 0 Å². The molecule has 1 aromatic rings. The highest BCUT2D eigenvalue weighted by atomic mass is 32.2. The highest BCUT2D eigenvalue weighted by Crippen LogP contribution is 2.25. The first kappa shape index (κ1) is 11.4. The van der Waals surface area contributed by atoms with Crippen molar-refractivity contribution in [1.29, 1.82) is 0 Å². The third-order valence-corrected chi connectivity index (χ3v) is 2.62. The van der Waals surface area contributed by atoms with Crippen LogP contribution < -0.4 is 5.32 Å². The lowest BCUT2D eigenvalue weighted by atomic mass is 10.3. The number of rotatable bonds is 3. The van der Waals surface area contributed by atoms with Crippen LogP contribution in [0.2, 0.25) is 0 Å². The quantitative estimate of drug-likeness (QED) is 0.455. The predicted octanol–water partition coefficient (Wildman–Crippen LogP) is 0.883. The maximum atomic E-state index is 10.9. The van der Waals surface area contributed by atoms with Crippen molar-refractivity contribution in [3.63, 3.8) is 0 Å². The maximum absolute atomic E-state index is 10.9. The number of hydrogen-bond donors (Lipinski definition) is 2. The van der Waals surface area contributed by atoms with Gasteiger partial charge in [-0.05, 0) is 6.07 Å². The third kappa shape index (κ3) is 2.42. The van der Waals surface area contributed by atoms with E-state index in [9.17, 15) is 18.5 Å². The molecule has 0 aliphatic carbocycles. The molecule has 1 aromatic carbocycles. The second kappa shape index (κ2) is 3.83. The average molecular weight is 232 g/mol. The van der Waals surface area contributed by atoms with E-state index in [0.29, 0.717) is 0 Å². The summed E-state index contributed by atoms with van der Waals surface area (Å²) in [5, 5.41) is 12.9. The minimum Gasteiger partial charge on any atom is -0.387 e. The molecule has 0 spiro atoms. The van der Waals surface area contributed by atoms with E-state index in [4.69, 9.17) is 4.55 Å². The minimum atomic E-state index is -4.47. The van der Waals surface area contributed by atoms with E-state index >= 15 is 0 Å². The topological polar surface area (TPSA) is 110 Å². The van der Waals surface area contributed by atoms with Crippen molar-refractivity contribution in [1.82, 2.24) is 0 Å². The zero-order chi connectivity index (χ0) is 11.6. The number of anilines is 1. The lowest BCUT2D eigenvalue weighted by Crippen LogP contribution is -2.04. The predicted molar refractivity (Wildman–Crippen MR) is 52.5 cm³/mol. The molecular weight excluding hydrogens is 224 g/mol. The number of nitro groups is 1. The summed E-state index contributed by atoms with van der Waals surface area (Å²) in [6.07, 6.45) is 0. The first-order chi connectivity index (χ1) is 6.86. The van der Waals surface area contributed by atoms with Crippen molar-refractivity contribution < 1.29 is 17.9 Å². The molecule has 0 aromatic heterocycles. The maximum Gasteiger partial charge on any atom is 0.296 e. The van der Waals surface area contributed by atoms with E-state index < -0.39 is 25.6 Å². The van der Waals surface area contributed by atoms with Crippen LogP contribution in [0.3, 0.4) is 0 Å². The van der Waals surface area contributed by atoms with Gasteiger partial charge in [-0.15, -0.1) is 0 Å². The Hall–Kier alpha value is -1.67. The molecule has 0 unspecified atom stereocenters. The van der Waals surface area contributed by atoms with Crippen LogP contribution in [0.5, 0.6) is 0 Å². The summed E-state index contributed by atoms with van der Waals surface area (Å²) in [5.74, 6) is 0. The number of hydrogen-bond acceptors (Lipinski definition) is 5. The highest BCUT2D eigenvalue weighted by molar-refractivity contribution is 7.86. The first-order valence-corrected chi connectivity index (χ1v) is 5.24. The van der Waals surface area contributed by atoms with E-state index in [-0.39, 0.29) is 5.69 Å². The summed E-state index contributed by atoms with van der Waals surface area (Å²) in [4.78, 5) is 9.13. The highest BCUT2D eigenvalue weighted by Gasteiger charge is 2.19. The fourth-order valence-electron chi connectivity index (χ4n) is 1.04. The molecule has 0 radical (unpaired) electrons. The molecule has 0 fully saturated rings. The van der Waals surface area contributed by atoms with Crippen LogP contribution in [0.25, 0.3) is 0 Å². The molecule has 0 amide bonds. The second-order valence-corrected chi connectivity index (χ2v) is 4.05. The number of nitrogens with zero attached hydrogens (tertiary/aromatic N) is 1. The van der Waals surface area contributed by atoms with Gasteiger partial charge < -0.3 is 5.32 Å². The fraction of sp³-hybridized carbons (Fsp3) is 0.143. The van der Waals surface area contributed by atoms with Crippen LogP contribution in [0, 0.1) is 10.1 Å². The van der Waals surface area contributed by atoms with Crippen molar-refractivity contribution in [2.45, 2.75) is 4.90 Å². The van der Waals surface area contributed by atoms with Gasteiger partial charge in [-0.1, -0.05) is 0 Å².